The monoisotopic (exact) mass is 256 g/mol. The van der Waals surface area contributed by atoms with Crippen LogP contribution in [0.3, 0.4) is 0 Å². The van der Waals surface area contributed by atoms with Crippen molar-refractivity contribution in [2.24, 2.45) is 0 Å². The van der Waals surface area contributed by atoms with Gasteiger partial charge in [0, 0.05) is 13.6 Å². The third-order valence-electron chi connectivity index (χ3n) is 2.57. The van der Waals surface area contributed by atoms with Gasteiger partial charge in [0.15, 0.2) is 0 Å². The van der Waals surface area contributed by atoms with Gasteiger partial charge in [-0.15, -0.1) is 0 Å². The maximum absolute atomic E-state index is 11.0. The number of rotatable bonds is 7. The number of hydrogen-bond donors (Lipinski definition) is 2. The summed E-state index contributed by atoms with van der Waals surface area (Å²) in [4.78, 5) is 0. The first kappa shape index (κ1) is 14.2. The van der Waals surface area contributed by atoms with E-state index in [2.05, 4.69) is 40.6 Å². The largest absolute Gasteiger partial charge is 0.276 e. The van der Waals surface area contributed by atoms with Gasteiger partial charge in [-0.2, -0.15) is 8.42 Å². The molecule has 0 atom stereocenters. The van der Waals surface area contributed by atoms with E-state index < -0.39 is 10.2 Å². The topological polar surface area (TPSA) is 58.2 Å². The van der Waals surface area contributed by atoms with E-state index in [-0.39, 0.29) is 0 Å². The second-order valence-corrected chi connectivity index (χ2v) is 5.75. The van der Waals surface area contributed by atoms with Gasteiger partial charge in [0.2, 0.25) is 0 Å². The maximum atomic E-state index is 11.0. The van der Waals surface area contributed by atoms with Gasteiger partial charge in [-0.3, -0.25) is 0 Å². The van der Waals surface area contributed by atoms with Crippen LogP contribution in [0.15, 0.2) is 24.3 Å². The average molecular weight is 256 g/mol. The van der Waals surface area contributed by atoms with Gasteiger partial charge >= 0.3 is 0 Å². The summed E-state index contributed by atoms with van der Waals surface area (Å²) in [6.45, 7) is 2.55. The molecule has 5 heteroatoms. The molecule has 0 aromatic heterocycles. The Labute approximate surface area is 104 Å². The molecule has 4 nitrogen and oxygen atoms in total. The molecule has 17 heavy (non-hydrogen) atoms. The van der Waals surface area contributed by atoms with Crippen LogP contribution in [-0.4, -0.2) is 22.0 Å². The van der Waals surface area contributed by atoms with Crippen molar-refractivity contribution >= 4 is 10.2 Å². The lowest BCUT2D eigenvalue weighted by atomic mass is 10.1. The molecule has 0 saturated carbocycles. The summed E-state index contributed by atoms with van der Waals surface area (Å²) < 4.78 is 26.8. The molecule has 0 aliphatic rings. The van der Waals surface area contributed by atoms with Crippen molar-refractivity contribution in [2.45, 2.75) is 26.2 Å². The van der Waals surface area contributed by atoms with Crippen molar-refractivity contribution < 1.29 is 8.42 Å². The predicted molar refractivity (Wildman–Crippen MR) is 70.1 cm³/mol. The normalized spacial score (nSPS) is 11.6. The van der Waals surface area contributed by atoms with Crippen LogP contribution < -0.4 is 9.44 Å². The molecule has 0 aliphatic carbocycles. The van der Waals surface area contributed by atoms with Crippen molar-refractivity contribution in [2.75, 3.05) is 13.6 Å². The van der Waals surface area contributed by atoms with Crippen LogP contribution in [0.2, 0.25) is 0 Å². The first-order valence-corrected chi connectivity index (χ1v) is 7.25. The maximum Gasteiger partial charge on any atom is 0.276 e. The number of benzene rings is 1. The summed E-state index contributed by atoms with van der Waals surface area (Å²) in [6.07, 6.45) is 2.81. The van der Waals surface area contributed by atoms with E-state index in [0.29, 0.717) is 6.54 Å². The SMILES string of the molecule is CNS(=O)(=O)NCCCCc1ccc(C)cc1. The number of aryl methyl sites for hydroxylation is 2. The smallest absolute Gasteiger partial charge is 0.205 e. The van der Waals surface area contributed by atoms with E-state index in [1.54, 1.807) is 0 Å². The van der Waals surface area contributed by atoms with Gasteiger partial charge in [0.1, 0.15) is 0 Å². The quantitative estimate of drug-likeness (QED) is 0.724. The Morgan fingerprint density at radius 3 is 2.35 bits per heavy atom. The van der Waals surface area contributed by atoms with E-state index in [1.807, 2.05) is 0 Å². The fraction of sp³-hybridized carbons (Fsp3) is 0.500. The van der Waals surface area contributed by atoms with E-state index >= 15 is 0 Å². The summed E-state index contributed by atoms with van der Waals surface area (Å²) in [7, 11) is -1.87. The molecule has 0 amide bonds. The molecule has 0 fully saturated rings. The summed E-state index contributed by atoms with van der Waals surface area (Å²) >= 11 is 0. The van der Waals surface area contributed by atoms with Crippen LogP contribution in [0.1, 0.15) is 24.0 Å². The molecule has 0 spiro atoms. The molecule has 0 bridgehead atoms. The Morgan fingerprint density at radius 2 is 1.76 bits per heavy atom. The van der Waals surface area contributed by atoms with Gasteiger partial charge in [0.25, 0.3) is 10.2 Å². The minimum atomic E-state index is -3.27. The van der Waals surface area contributed by atoms with Crippen LogP contribution in [0.5, 0.6) is 0 Å². The Hall–Kier alpha value is -0.910. The third kappa shape index (κ3) is 5.81. The molecule has 0 heterocycles. The minimum Gasteiger partial charge on any atom is -0.205 e. The van der Waals surface area contributed by atoms with Crippen LogP contribution in [0.25, 0.3) is 0 Å². The first-order valence-electron chi connectivity index (χ1n) is 5.77. The van der Waals surface area contributed by atoms with E-state index in [0.717, 1.165) is 19.3 Å². The fourth-order valence-corrected chi connectivity index (χ4v) is 2.04. The van der Waals surface area contributed by atoms with Gasteiger partial charge in [-0.1, -0.05) is 29.8 Å². The molecule has 0 aliphatic heterocycles. The summed E-state index contributed by atoms with van der Waals surface area (Å²) in [5.41, 5.74) is 2.56. The third-order valence-corrected chi connectivity index (χ3v) is 3.70. The summed E-state index contributed by atoms with van der Waals surface area (Å²) in [6, 6.07) is 8.43. The highest BCUT2D eigenvalue weighted by atomic mass is 32.2. The van der Waals surface area contributed by atoms with Gasteiger partial charge in [-0.25, -0.2) is 9.44 Å². The number of hydrogen-bond acceptors (Lipinski definition) is 2. The first-order chi connectivity index (χ1) is 8.03. The second kappa shape index (κ2) is 6.74. The van der Waals surface area contributed by atoms with Crippen LogP contribution in [-0.2, 0) is 16.6 Å². The molecule has 1 aromatic rings. The molecule has 2 N–H and O–H groups in total. The Kier molecular flexibility index (Phi) is 5.61. The minimum absolute atomic E-state index is 0.481. The zero-order valence-corrected chi connectivity index (χ0v) is 11.2. The standard InChI is InChI=1S/C12H20N2O2S/c1-11-6-8-12(9-7-11)5-3-4-10-14-17(15,16)13-2/h6-9,13-14H,3-5,10H2,1-2H3. The lowest BCUT2D eigenvalue weighted by Crippen LogP contribution is -2.34. The predicted octanol–water partition coefficient (Wildman–Crippen LogP) is 1.37. The Balaban J connectivity index is 2.19. The fourth-order valence-electron chi connectivity index (χ4n) is 1.49. The average Bonchev–Trinajstić information content (AvgIpc) is 2.31. The highest BCUT2D eigenvalue weighted by Gasteiger charge is 2.03. The molecule has 0 unspecified atom stereocenters. The van der Waals surface area contributed by atoms with Gasteiger partial charge in [-0.05, 0) is 31.7 Å². The lowest BCUT2D eigenvalue weighted by Gasteiger charge is -2.05. The van der Waals surface area contributed by atoms with Crippen LogP contribution in [0, 0.1) is 6.92 Å². The Morgan fingerprint density at radius 1 is 1.12 bits per heavy atom. The Bertz CT molecular complexity index is 426. The molecular weight excluding hydrogens is 236 g/mol. The van der Waals surface area contributed by atoms with Gasteiger partial charge in [0.05, 0.1) is 0 Å². The molecule has 0 saturated heterocycles. The zero-order chi connectivity index (χ0) is 12.7. The molecule has 1 rings (SSSR count). The van der Waals surface area contributed by atoms with Crippen LogP contribution in [0.4, 0.5) is 0 Å². The van der Waals surface area contributed by atoms with Crippen molar-refractivity contribution in [3.63, 3.8) is 0 Å². The highest BCUT2D eigenvalue weighted by Crippen LogP contribution is 2.06. The van der Waals surface area contributed by atoms with E-state index in [9.17, 15) is 8.42 Å². The number of nitrogens with one attached hydrogen (secondary N) is 2. The summed E-state index contributed by atoms with van der Waals surface area (Å²) in [5, 5.41) is 0. The van der Waals surface area contributed by atoms with E-state index in [1.165, 1.54) is 18.2 Å². The highest BCUT2D eigenvalue weighted by molar-refractivity contribution is 7.87. The molecular formula is C12H20N2O2S. The summed E-state index contributed by atoms with van der Waals surface area (Å²) in [5.74, 6) is 0. The zero-order valence-electron chi connectivity index (χ0n) is 10.4. The van der Waals surface area contributed by atoms with Crippen LogP contribution >= 0.6 is 0 Å². The lowest BCUT2D eigenvalue weighted by molar-refractivity contribution is 0.568. The van der Waals surface area contributed by atoms with E-state index in [4.69, 9.17) is 0 Å². The van der Waals surface area contributed by atoms with Gasteiger partial charge < -0.3 is 0 Å². The van der Waals surface area contributed by atoms with Crippen molar-refractivity contribution in [3.8, 4) is 0 Å². The molecule has 0 radical (unpaired) electrons. The second-order valence-electron chi connectivity index (χ2n) is 4.04. The number of unbranched alkanes of at least 4 members (excludes halogenated alkanes) is 1. The van der Waals surface area contributed by atoms with Crippen molar-refractivity contribution in [1.82, 2.24) is 9.44 Å². The van der Waals surface area contributed by atoms with Crippen molar-refractivity contribution in [3.05, 3.63) is 35.4 Å². The molecule has 96 valence electrons. The molecule has 1 aromatic carbocycles. The van der Waals surface area contributed by atoms with Crippen molar-refractivity contribution in [1.29, 1.82) is 0 Å².